The van der Waals surface area contributed by atoms with Crippen LogP contribution >= 0.6 is 0 Å². The average Bonchev–Trinajstić information content (AvgIpc) is 2.95. The highest BCUT2D eigenvalue weighted by atomic mass is 15.3. The molecule has 25 heavy (non-hydrogen) atoms. The van der Waals surface area contributed by atoms with E-state index in [0.717, 1.165) is 37.1 Å². The minimum Gasteiger partial charge on any atom is -0.349 e. The number of nitrogens with zero attached hydrogens (tertiary/aromatic N) is 5. The van der Waals surface area contributed by atoms with Gasteiger partial charge < -0.3 is 14.8 Å². The number of guanidine groups is 1. The van der Waals surface area contributed by atoms with Gasteiger partial charge in [0.2, 0.25) is 0 Å². The zero-order valence-electron chi connectivity index (χ0n) is 15.6. The van der Waals surface area contributed by atoms with Crippen molar-refractivity contribution < 1.29 is 0 Å². The second kappa shape index (κ2) is 7.68. The highest BCUT2D eigenvalue weighted by Crippen LogP contribution is 2.32. The Labute approximate surface area is 150 Å². The van der Waals surface area contributed by atoms with E-state index in [1.807, 2.05) is 25.6 Å². The molecule has 1 aromatic carbocycles. The lowest BCUT2D eigenvalue weighted by atomic mass is 9.82. The second-order valence-electron chi connectivity index (χ2n) is 6.85. The minimum atomic E-state index is 0.590. The Kier molecular flexibility index (Phi) is 5.36. The fourth-order valence-corrected chi connectivity index (χ4v) is 3.63. The van der Waals surface area contributed by atoms with Gasteiger partial charge in [-0.3, -0.25) is 4.99 Å². The molecule has 0 bridgehead atoms. The number of aryl methyl sites for hydroxylation is 1. The molecule has 2 unspecified atom stereocenters. The third-order valence-corrected chi connectivity index (χ3v) is 5.23. The van der Waals surface area contributed by atoms with Crippen molar-refractivity contribution in [2.24, 2.45) is 18.0 Å². The lowest BCUT2D eigenvalue weighted by molar-refractivity contribution is 0.234. The van der Waals surface area contributed by atoms with Crippen molar-refractivity contribution in [2.45, 2.75) is 32.7 Å². The summed E-state index contributed by atoms with van der Waals surface area (Å²) >= 11 is 0. The Hall–Kier alpha value is -2.37. The zero-order chi connectivity index (χ0) is 17.8. The van der Waals surface area contributed by atoms with E-state index < -0.39 is 0 Å². The van der Waals surface area contributed by atoms with E-state index in [1.165, 1.54) is 5.56 Å². The molecule has 1 aliphatic heterocycles. The van der Waals surface area contributed by atoms with E-state index in [2.05, 4.69) is 62.7 Å². The van der Waals surface area contributed by atoms with E-state index in [9.17, 15) is 0 Å². The molecule has 0 radical (unpaired) electrons. The van der Waals surface area contributed by atoms with Crippen LogP contribution in [0.15, 0.2) is 35.3 Å². The number of likely N-dealkylation sites (tertiary alicyclic amines) is 1. The minimum absolute atomic E-state index is 0.590. The molecule has 1 N–H and O–H groups in total. The van der Waals surface area contributed by atoms with Crippen LogP contribution in [0.5, 0.6) is 0 Å². The van der Waals surface area contributed by atoms with Gasteiger partial charge in [0.25, 0.3) is 0 Å². The van der Waals surface area contributed by atoms with Crippen LogP contribution in [0.2, 0.25) is 0 Å². The van der Waals surface area contributed by atoms with Crippen molar-refractivity contribution in [3.8, 4) is 0 Å². The van der Waals surface area contributed by atoms with Gasteiger partial charge in [0.05, 0.1) is 6.54 Å². The Balaban J connectivity index is 1.61. The molecule has 1 saturated heterocycles. The molecular formula is C19H28N6. The molecule has 6 heteroatoms. The summed E-state index contributed by atoms with van der Waals surface area (Å²) in [5.41, 5.74) is 1.45. The first-order chi connectivity index (χ1) is 12.1. The van der Waals surface area contributed by atoms with E-state index in [4.69, 9.17) is 0 Å². The third-order valence-electron chi connectivity index (χ3n) is 5.23. The van der Waals surface area contributed by atoms with Gasteiger partial charge in [-0.2, -0.15) is 0 Å². The predicted octanol–water partition coefficient (Wildman–Crippen LogP) is 2.32. The smallest absolute Gasteiger partial charge is 0.194 e. The molecule has 3 rings (SSSR count). The van der Waals surface area contributed by atoms with Gasteiger partial charge in [-0.25, -0.2) is 0 Å². The van der Waals surface area contributed by atoms with Crippen molar-refractivity contribution in [2.75, 3.05) is 20.1 Å². The maximum absolute atomic E-state index is 4.47. The van der Waals surface area contributed by atoms with Crippen LogP contribution in [0.25, 0.3) is 0 Å². The molecule has 6 nitrogen and oxygen atoms in total. The maximum atomic E-state index is 4.47. The summed E-state index contributed by atoms with van der Waals surface area (Å²) in [6, 6.07) is 10.9. The first kappa shape index (κ1) is 17.5. The molecule has 134 valence electrons. The van der Waals surface area contributed by atoms with Crippen LogP contribution in [0.3, 0.4) is 0 Å². The van der Waals surface area contributed by atoms with Crippen molar-refractivity contribution >= 4 is 5.96 Å². The lowest BCUT2D eigenvalue weighted by Crippen LogP contribution is -2.47. The SMILES string of the molecule is CN=C(NCc1nnc(C)n1C)N1CCC(c2ccccc2)C(C)C1. The summed E-state index contributed by atoms with van der Waals surface area (Å²) in [4.78, 5) is 6.82. The number of hydrogen-bond donors (Lipinski definition) is 1. The van der Waals surface area contributed by atoms with E-state index >= 15 is 0 Å². The molecule has 2 aromatic rings. The Morgan fingerprint density at radius 2 is 2.04 bits per heavy atom. The maximum Gasteiger partial charge on any atom is 0.194 e. The van der Waals surface area contributed by atoms with Gasteiger partial charge in [-0.15, -0.1) is 10.2 Å². The van der Waals surface area contributed by atoms with Crippen LogP contribution in [-0.4, -0.2) is 45.8 Å². The molecule has 1 aromatic heterocycles. The average molecular weight is 340 g/mol. The van der Waals surface area contributed by atoms with Crippen molar-refractivity contribution in [1.82, 2.24) is 25.0 Å². The number of aliphatic imine (C=N–C) groups is 1. The van der Waals surface area contributed by atoms with Crippen molar-refractivity contribution in [3.05, 3.63) is 47.5 Å². The lowest BCUT2D eigenvalue weighted by Gasteiger charge is -2.38. The quantitative estimate of drug-likeness (QED) is 0.688. The molecule has 2 atom stereocenters. The molecular weight excluding hydrogens is 312 g/mol. The standard InChI is InChI=1S/C19H28N6/c1-14-13-25(11-10-17(14)16-8-6-5-7-9-16)19(20-3)21-12-18-23-22-15(2)24(18)4/h5-9,14,17H,10-13H2,1-4H3,(H,20,21). The molecule has 1 aliphatic rings. The largest absolute Gasteiger partial charge is 0.349 e. The summed E-state index contributed by atoms with van der Waals surface area (Å²) in [6.45, 7) is 6.96. The van der Waals surface area contributed by atoms with Gasteiger partial charge in [-0.1, -0.05) is 37.3 Å². The molecule has 2 heterocycles. The number of rotatable bonds is 3. The van der Waals surface area contributed by atoms with Gasteiger partial charge in [0.1, 0.15) is 5.82 Å². The van der Waals surface area contributed by atoms with Crippen molar-refractivity contribution in [1.29, 1.82) is 0 Å². The van der Waals surface area contributed by atoms with Crippen LogP contribution < -0.4 is 5.32 Å². The van der Waals surface area contributed by atoms with Crippen LogP contribution in [-0.2, 0) is 13.6 Å². The van der Waals surface area contributed by atoms with Crippen LogP contribution in [0, 0.1) is 12.8 Å². The highest BCUT2D eigenvalue weighted by Gasteiger charge is 2.28. The van der Waals surface area contributed by atoms with Crippen LogP contribution in [0.4, 0.5) is 0 Å². The number of piperidine rings is 1. The number of nitrogens with one attached hydrogen (secondary N) is 1. The number of benzene rings is 1. The van der Waals surface area contributed by atoms with E-state index in [-0.39, 0.29) is 0 Å². The monoisotopic (exact) mass is 340 g/mol. The first-order valence-electron chi connectivity index (χ1n) is 8.95. The summed E-state index contributed by atoms with van der Waals surface area (Å²) in [6.07, 6.45) is 1.15. The Morgan fingerprint density at radius 3 is 2.64 bits per heavy atom. The fraction of sp³-hybridized carbons (Fsp3) is 0.526. The topological polar surface area (TPSA) is 58.3 Å². The van der Waals surface area contributed by atoms with E-state index in [0.29, 0.717) is 18.4 Å². The molecule has 1 fully saturated rings. The summed E-state index contributed by atoms with van der Waals surface area (Å²) in [5, 5.41) is 11.8. The van der Waals surface area contributed by atoms with Gasteiger partial charge >= 0.3 is 0 Å². The number of hydrogen-bond acceptors (Lipinski definition) is 3. The highest BCUT2D eigenvalue weighted by molar-refractivity contribution is 5.79. The Morgan fingerprint density at radius 1 is 1.28 bits per heavy atom. The molecule has 0 saturated carbocycles. The zero-order valence-corrected chi connectivity index (χ0v) is 15.6. The first-order valence-corrected chi connectivity index (χ1v) is 8.95. The van der Waals surface area contributed by atoms with Gasteiger partial charge in [-0.05, 0) is 30.7 Å². The fourth-order valence-electron chi connectivity index (χ4n) is 3.63. The summed E-state index contributed by atoms with van der Waals surface area (Å²) < 4.78 is 2.00. The van der Waals surface area contributed by atoms with E-state index in [1.54, 1.807) is 0 Å². The molecule has 0 spiro atoms. The number of aromatic nitrogens is 3. The second-order valence-corrected chi connectivity index (χ2v) is 6.85. The normalized spacial score (nSPS) is 21.4. The summed E-state index contributed by atoms with van der Waals surface area (Å²) in [7, 11) is 3.83. The van der Waals surface area contributed by atoms with Crippen molar-refractivity contribution in [3.63, 3.8) is 0 Å². The summed E-state index contributed by atoms with van der Waals surface area (Å²) in [5.74, 6) is 4.00. The van der Waals surface area contributed by atoms with Gasteiger partial charge in [0.15, 0.2) is 11.8 Å². The van der Waals surface area contributed by atoms with Crippen LogP contribution in [0.1, 0.15) is 36.5 Å². The third kappa shape index (κ3) is 3.83. The Bertz CT molecular complexity index is 721. The van der Waals surface area contributed by atoms with Gasteiger partial charge in [0, 0.05) is 27.2 Å². The molecule has 0 amide bonds. The molecule has 0 aliphatic carbocycles. The predicted molar refractivity (Wildman–Crippen MR) is 100 cm³/mol.